The van der Waals surface area contributed by atoms with Gasteiger partial charge in [0.25, 0.3) is 10.0 Å². The number of carbonyl (C=O) groups excluding carboxylic acids is 2. The molecule has 1 atom stereocenters. The number of methoxy groups -OCH3 is 2. The van der Waals surface area contributed by atoms with E-state index in [-0.39, 0.29) is 29.0 Å². The molecule has 0 bridgehead atoms. The van der Waals surface area contributed by atoms with Gasteiger partial charge in [-0.05, 0) is 56.0 Å². The summed E-state index contributed by atoms with van der Waals surface area (Å²) in [4.78, 5) is 29.0. The molecule has 0 aliphatic carbocycles. The highest BCUT2D eigenvalue weighted by atomic mass is 32.2. The Morgan fingerprint density at radius 3 is 2.14 bits per heavy atom. The first-order chi connectivity index (χ1) is 20.4. The number of amides is 2. The van der Waals surface area contributed by atoms with Crippen molar-refractivity contribution in [1.29, 1.82) is 0 Å². The fourth-order valence-electron chi connectivity index (χ4n) is 4.69. The molecule has 232 valence electrons. The highest BCUT2D eigenvalue weighted by Gasteiger charge is 2.34. The number of nitrogens with zero attached hydrogens (tertiary/aromatic N) is 2. The summed E-state index contributed by atoms with van der Waals surface area (Å²) in [5.74, 6) is 0.0696. The zero-order valence-corrected chi connectivity index (χ0v) is 26.9. The molecule has 9 nitrogen and oxygen atoms in total. The van der Waals surface area contributed by atoms with Gasteiger partial charge in [0, 0.05) is 19.2 Å². The largest absolute Gasteiger partial charge is 0.493 e. The van der Waals surface area contributed by atoms with E-state index in [0.29, 0.717) is 24.4 Å². The van der Waals surface area contributed by atoms with Crippen molar-refractivity contribution < 1.29 is 27.5 Å². The smallest absolute Gasteiger partial charge is 0.264 e. The average molecular weight is 610 g/mol. The predicted molar refractivity (Wildman–Crippen MR) is 169 cm³/mol. The number of ether oxygens (including phenoxy) is 2. The number of nitrogens with one attached hydrogen (secondary N) is 1. The Bertz CT molecular complexity index is 1510. The summed E-state index contributed by atoms with van der Waals surface area (Å²) in [5, 5.41) is 2.95. The number of rotatable bonds is 14. The summed E-state index contributed by atoms with van der Waals surface area (Å²) in [6.45, 7) is 9.78. The second-order valence-corrected chi connectivity index (χ2v) is 12.8. The van der Waals surface area contributed by atoms with Crippen LogP contribution in [-0.2, 0) is 26.2 Å². The maximum absolute atomic E-state index is 14.2. The van der Waals surface area contributed by atoms with Crippen LogP contribution in [0.15, 0.2) is 71.6 Å². The monoisotopic (exact) mass is 609 g/mol. The number of sulfonamides is 1. The summed E-state index contributed by atoms with van der Waals surface area (Å²) in [6.07, 6.45) is 0.356. The standard InChI is InChI=1S/C33H43N3O6S/c1-8-29(33(38)34-20-23(2)3)35(21-26-11-9-10-25(5)18-26)32(37)22-36(27-14-12-24(4)13-15-27)43(39,40)28-16-17-30(41-6)31(19-28)42-7/h9-19,23,29H,8,20-22H2,1-7H3,(H,34,38)/t29-/m1/s1. The minimum atomic E-state index is -4.26. The van der Waals surface area contributed by atoms with E-state index in [1.807, 2.05) is 58.9 Å². The lowest BCUT2D eigenvalue weighted by molar-refractivity contribution is -0.140. The van der Waals surface area contributed by atoms with E-state index < -0.39 is 28.5 Å². The zero-order chi connectivity index (χ0) is 31.7. The lowest BCUT2D eigenvalue weighted by Crippen LogP contribution is -2.52. The molecular weight excluding hydrogens is 566 g/mol. The SMILES string of the molecule is CC[C@H](C(=O)NCC(C)C)N(Cc1cccc(C)c1)C(=O)CN(c1ccc(C)cc1)S(=O)(=O)c1ccc(OC)c(OC)c1. The highest BCUT2D eigenvalue weighted by molar-refractivity contribution is 7.92. The van der Waals surface area contributed by atoms with Crippen molar-refractivity contribution in [3.8, 4) is 11.5 Å². The van der Waals surface area contributed by atoms with Crippen LogP contribution >= 0.6 is 0 Å². The topological polar surface area (TPSA) is 105 Å². The first-order valence-electron chi connectivity index (χ1n) is 14.3. The molecule has 3 aromatic carbocycles. The second kappa shape index (κ2) is 14.9. The van der Waals surface area contributed by atoms with Crippen LogP contribution in [0.2, 0.25) is 0 Å². The second-order valence-electron chi connectivity index (χ2n) is 10.9. The van der Waals surface area contributed by atoms with Gasteiger partial charge in [-0.3, -0.25) is 13.9 Å². The van der Waals surface area contributed by atoms with Crippen LogP contribution in [0.1, 0.15) is 43.9 Å². The molecule has 3 aromatic rings. The summed E-state index contributed by atoms with van der Waals surface area (Å²) in [7, 11) is -1.37. The minimum absolute atomic E-state index is 0.0644. The molecular formula is C33H43N3O6S. The first-order valence-corrected chi connectivity index (χ1v) is 15.8. The Labute approximate surface area is 255 Å². The molecule has 0 spiro atoms. The molecule has 0 aliphatic rings. The summed E-state index contributed by atoms with van der Waals surface area (Å²) >= 11 is 0. The van der Waals surface area contributed by atoms with Crippen molar-refractivity contribution in [2.24, 2.45) is 5.92 Å². The zero-order valence-electron chi connectivity index (χ0n) is 26.1. The molecule has 0 radical (unpaired) electrons. The molecule has 0 saturated heterocycles. The van der Waals surface area contributed by atoms with Gasteiger partial charge in [-0.1, -0.05) is 68.3 Å². The predicted octanol–water partition coefficient (Wildman–Crippen LogP) is 5.10. The molecule has 0 aliphatic heterocycles. The van der Waals surface area contributed by atoms with E-state index in [9.17, 15) is 18.0 Å². The molecule has 2 amide bonds. The van der Waals surface area contributed by atoms with Gasteiger partial charge in [0.15, 0.2) is 11.5 Å². The lowest BCUT2D eigenvalue weighted by Gasteiger charge is -2.33. The molecule has 0 saturated carbocycles. The third kappa shape index (κ3) is 8.50. The Kier molecular flexibility index (Phi) is 11.6. The van der Waals surface area contributed by atoms with Gasteiger partial charge in [0.2, 0.25) is 11.8 Å². The maximum atomic E-state index is 14.2. The quantitative estimate of drug-likeness (QED) is 0.273. The van der Waals surface area contributed by atoms with Crippen LogP contribution < -0.4 is 19.1 Å². The fraction of sp³-hybridized carbons (Fsp3) is 0.394. The minimum Gasteiger partial charge on any atom is -0.493 e. The van der Waals surface area contributed by atoms with Crippen molar-refractivity contribution in [3.05, 3.63) is 83.4 Å². The van der Waals surface area contributed by atoms with E-state index in [2.05, 4.69) is 5.32 Å². The summed E-state index contributed by atoms with van der Waals surface area (Å²) < 4.78 is 40.1. The number of benzene rings is 3. The van der Waals surface area contributed by atoms with E-state index >= 15 is 0 Å². The highest BCUT2D eigenvalue weighted by Crippen LogP contribution is 2.32. The third-order valence-electron chi connectivity index (χ3n) is 7.05. The van der Waals surface area contributed by atoms with Gasteiger partial charge < -0.3 is 19.7 Å². The molecule has 0 heterocycles. The average Bonchev–Trinajstić information content (AvgIpc) is 2.98. The number of hydrogen-bond acceptors (Lipinski definition) is 6. The number of hydrogen-bond donors (Lipinski definition) is 1. The first kappa shape index (κ1) is 33.5. The van der Waals surface area contributed by atoms with Crippen molar-refractivity contribution in [2.45, 2.75) is 58.5 Å². The maximum Gasteiger partial charge on any atom is 0.264 e. The van der Waals surface area contributed by atoms with Gasteiger partial charge in [-0.15, -0.1) is 0 Å². The van der Waals surface area contributed by atoms with Crippen LogP contribution in [0.3, 0.4) is 0 Å². The molecule has 1 N–H and O–H groups in total. The van der Waals surface area contributed by atoms with E-state index in [0.717, 1.165) is 21.0 Å². The van der Waals surface area contributed by atoms with Crippen molar-refractivity contribution in [2.75, 3.05) is 31.6 Å². The lowest BCUT2D eigenvalue weighted by atomic mass is 10.1. The van der Waals surface area contributed by atoms with Gasteiger partial charge in [-0.2, -0.15) is 0 Å². The van der Waals surface area contributed by atoms with Gasteiger partial charge >= 0.3 is 0 Å². The van der Waals surface area contributed by atoms with Crippen LogP contribution in [0, 0.1) is 19.8 Å². The van der Waals surface area contributed by atoms with E-state index in [4.69, 9.17) is 9.47 Å². The van der Waals surface area contributed by atoms with Crippen molar-refractivity contribution >= 4 is 27.5 Å². The van der Waals surface area contributed by atoms with Crippen LogP contribution in [0.4, 0.5) is 5.69 Å². The van der Waals surface area contributed by atoms with Gasteiger partial charge in [-0.25, -0.2) is 8.42 Å². The van der Waals surface area contributed by atoms with E-state index in [1.165, 1.54) is 37.3 Å². The molecule has 0 unspecified atom stereocenters. The van der Waals surface area contributed by atoms with Crippen LogP contribution in [-0.4, -0.2) is 58.5 Å². The van der Waals surface area contributed by atoms with Gasteiger partial charge in [0.1, 0.15) is 12.6 Å². The van der Waals surface area contributed by atoms with Crippen molar-refractivity contribution in [3.63, 3.8) is 0 Å². The molecule has 0 aromatic heterocycles. The Morgan fingerprint density at radius 2 is 1.56 bits per heavy atom. The molecule has 3 rings (SSSR count). The fourth-order valence-corrected chi connectivity index (χ4v) is 6.12. The van der Waals surface area contributed by atoms with Gasteiger partial charge in [0.05, 0.1) is 24.8 Å². The Balaban J connectivity index is 2.08. The molecule has 43 heavy (non-hydrogen) atoms. The molecule has 10 heteroatoms. The van der Waals surface area contributed by atoms with Crippen LogP contribution in [0.25, 0.3) is 0 Å². The summed E-state index contributed by atoms with van der Waals surface area (Å²) in [5.41, 5.74) is 3.11. The van der Waals surface area contributed by atoms with E-state index in [1.54, 1.807) is 24.3 Å². The summed E-state index contributed by atoms with van der Waals surface area (Å²) in [6, 6.07) is 18.1. The number of carbonyl (C=O) groups is 2. The molecule has 0 fully saturated rings. The third-order valence-corrected chi connectivity index (χ3v) is 8.82. The Hall–Kier alpha value is -4.05. The van der Waals surface area contributed by atoms with Crippen LogP contribution in [0.5, 0.6) is 11.5 Å². The Morgan fingerprint density at radius 1 is 0.884 bits per heavy atom. The normalized spacial score (nSPS) is 12.0. The van der Waals surface area contributed by atoms with Crippen molar-refractivity contribution in [1.82, 2.24) is 10.2 Å². The number of anilines is 1. The number of aryl methyl sites for hydroxylation is 2.